The summed E-state index contributed by atoms with van der Waals surface area (Å²) in [4.78, 5) is 4.55. The number of hydrogen-bond donors (Lipinski definition) is 2. The van der Waals surface area contributed by atoms with E-state index in [0.717, 1.165) is 30.5 Å². The zero-order chi connectivity index (χ0) is 14.1. The number of aliphatic imine (C=N–C) groups is 1. The standard InChI is InChI=1S/C14H27N5/c1-5-15-14(16-8-6-7-12(2)3)17-9-13-10-18-19(4)11-13/h10-12H,5-9H2,1-4H3,(H2,15,16,17). The maximum atomic E-state index is 4.55. The first-order valence-electron chi connectivity index (χ1n) is 7.11. The fraction of sp³-hybridized carbons (Fsp3) is 0.714. The molecule has 0 saturated heterocycles. The molecule has 0 aromatic carbocycles. The zero-order valence-electron chi connectivity index (χ0n) is 12.6. The Bertz CT molecular complexity index is 381. The lowest BCUT2D eigenvalue weighted by Crippen LogP contribution is -2.37. The number of nitrogens with one attached hydrogen (secondary N) is 2. The molecule has 1 heterocycles. The maximum absolute atomic E-state index is 4.55. The van der Waals surface area contributed by atoms with Crippen LogP contribution in [0.5, 0.6) is 0 Å². The van der Waals surface area contributed by atoms with Crippen LogP contribution in [0, 0.1) is 5.92 Å². The summed E-state index contributed by atoms with van der Waals surface area (Å²) in [5.41, 5.74) is 1.13. The van der Waals surface area contributed by atoms with Gasteiger partial charge in [0.15, 0.2) is 5.96 Å². The average Bonchev–Trinajstić information content (AvgIpc) is 2.77. The minimum Gasteiger partial charge on any atom is -0.357 e. The van der Waals surface area contributed by atoms with Crippen LogP contribution in [0.25, 0.3) is 0 Å². The van der Waals surface area contributed by atoms with Gasteiger partial charge in [-0.2, -0.15) is 5.10 Å². The van der Waals surface area contributed by atoms with Gasteiger partial charge in [0, 0.05) is 31.9 Å². The molecule has 0 saturated carbocycles. The van der Waals surface area contributed by atoms with E-state index in [9.17, 15) is 0 Å². The molecule has 0 fully saturated rings. The number of rotatable bonds is 7. The molecule has 0 aliphatic carbocycles. The second-order valence-corrected chi connectivity index (χ2v) is 5.18. The predicted molar refractivity (Wildman–Crippen MR) is 80.1 cm³/mol. The van der Waals surface area contributed by atoms with Crippen molar-refractivity contribution >= 4 is 5.96 Å². The quantitative estimate of drug-likeness (QED) is 0.450. The van der Waals surface area contributed by atoms with Gasteiger partial charge in [-0.1, -0.05) is 13.8 Å². The third-order valence-electron chi connectivity index (χ3n) is 2.77. The summed E-state index contributed by atoms with van der Waals surface area (Å²) in [7, 11) is 1.92. The van der Waals surface area contributed by atoms with Gasteiger partial charge >= 0.3 is 0 Å². The first-order valence-corrected chi connectivity index (χ1v) is 7.11. The Kier molecular flexibility index (Phi) is 7.00. The molecule has 0 atom stereocenters. The fourth-order valence-corrected chi connectivity index (χ4v) is 1.78. The van der Waals surface area contributed by atoms with Crippen molar-refractivity contribution in [1.82, 2.24) is 20.4 Å². The van der Waals surface area contributed by atoms with Crippen LogP contribution >= 0.6 is 0 Å². The molecule has 1 aromatic heterocycles. The minimum atomic E-state index is 0.660. The molecule has 0 unspecified atom stereocenters. The summed E-state index contributed by atoms with van der Waals surface area (Å²) in [5.74, 6) is 1.65. The zero-order valence-corrected chi connectivity index (χ0v) is 12.6. The summed E-state index contributed by atoms with van der Waals surface area (Å²) in [6.45, 7) is 9.09. The van der Waals surface area contributed by atoms with Gasteiger partial charge in [0.25, 0.3) is 0 Å². The molecular weight excluding hydrogens is 238 g/mol. The van der Waals surface area contributed by atoms with Gasteiger partial charge in [0.2, 0.25) is 0 Å². The van der Waals surface area contributed by atoms with Gasteiger partial charge in [0.05, 0.1) is 12.7 Å². The number of aryl methyl sites for hydroxylation is 1. The van der Waals surface area contributed by atoms with Crippen LogP contribution in [0.3, 0.4) is 0 Å². The second kappa shape index (κ2) is 8.56. The normalized spacial score (nSPS) is 11.9. The van der Waals surface area contributed by atoms with Gasteiger partial charge in [-0.3, -0.25) is 4.68 Å². The second-order valence-electron chi connectivity index (χ2n) is 5.18. The molecule has 2 N–H and O–H groups in total. The van der Waals surface area contributed by atoms with E-state index in [4.69, 9.17) is 0 Å². The van der Waals surface area contributed by atoms with Crippen LogP contribution in [0.2, 0.25) is 0 Å². The van der Waals surface area contributed by atoms with E-state index in [-0.39, 0.29) is 0 Å². The Morgan fingerprint density at radius 3 is 2.79 bits per heavy atom. The van der Waals surface area contributed by atoms with Gasteiger partial charge in [-0.05, 0) is 25.7 Å². The predicted octanol–water partition coefficient (Wildman–Crippen LogP) is 1.91. The Morgan fingerprint density at radius 2 is 2.21 bits per heavy atom. The topological polar surface area (TPSA) is 54.2 Å². The number of guanidine groups is 1. The smallest absolute Gasteiger partial charge is 0.191 e. The van der Waals surface area contributed by atoms with Gasteiger partial charge in [0.1, 0.15) is 0 Å². The molecule has 0 radical (unpaired) electrons. The SMILES string of the molecule is CCNC(=NCc1cnn(C)c1)NCCCC(C)C. The molecule has 0 aliphatic rings. The lowest BCUT2D eigenvalue weighted by Gasteiger charge is -2.11. The summed E-state index contributed by atoms with van der Waals surface area (Å²) < 4.78 is 1.80. The molecule has 0 amide bonds. The Labute approximate surface area is 116 Å². The van der Waals surface area contributed by atoms with Crippen LogP contribution < -0.4 is 10.6 Å². The highest BCUT2D eigenvalue weighted by molar-refractivity contribution is 5.79. The lowest BCUT2D eigenvalue weighted by molar-refractivity contribution is 0.549. The van der Waals surface area contributed by atoms with Crippen LogP contribution in [-0.4, -0.2) is 28.8 Å². The minimum absolute atomic E-state index is 0.660. The third-order valence-corrected chi connectivity index (χ3v) is 2.77. The van der Waals surface area contributed by atoms with Crippen molar-refractivity contribution in [3.05, 3.63) is 18.0 Å². The van der Waals surface area contributed by atoms with E-state index in [2.05, 4.69) is 41.5 Å². The number of aromatic nitrogens is 2. The van der Waals surface area contributed by atoms with E-state index < -0.39 is 0 Å². The summed E-state index contributed by atoms with van der Waals surface area (Å²) in [6, 6.07) is 0. The van der Waals surface area contributed by atoms with Crippen LogP contribution in [0.4, 0.5) is 0 Å². The van der Waals surface area contributed by atoms with Crippen molar-refractivity contribution in [2.45, 2.75) is 40.2 Å². The van der Waals surface area contributed by atoms with Crippen molar-refractivity contribution in [3.63, 3.8) is 0 Å². The van der Waals surface area contributed by atoms with Crippen LogP contribution in [-0.2, 0) is 13.6 Å². The monoisotopic (exact) mass is 265 g/mol. The van der Waals surface area contributed by atoms with Crippen LogP contribution in [0.15, 0.2) is 17.4 Å². The van der Waals surface area contributed by atoms with Gasteiger partial charge in [-0.15, -0.1) is 0 Å². The fourth-order valence-electron chi connectivity index (χ4n) is 1.78. The van der Waals surface area contributed by atoms with Crippen molar-refractivity contribution in [3.8, 4) is 0 Å². The number of hydrogen-bond acceptors (Lipinski definition) is 2. The van der Waals surface area contributed by atoms with Crippen molar-refractivity contribution in [2.24, 2.45) is 18.0 Å². The van der Waals surface area contributed by atoms with Crippen LogP contribution in [0.1, 0.15) is 39.2 Å². The molecule has 5 heteroatoms. The average molecular weight is 265 g/mol. The summed E-state index contributed by atoms with van der Waals surface area (Å²) in [5, 5.41) is 10.8. The maximum Gasteiger partial charge on any atom is 0.191 e. The van der Waals surface area contributed by atoms with Crippen molar-refractivity contribution in [1.29, 1.82) is 0 Å². The Balaban J connectivity index is 2.37. The molecule has 1 rings (SSSR count). The molecule has 0 bridgehead atoms. The molecule has 5 nitrogen and oxygen atoms in total. The van der Waals surface area contributed by atoms with Gasteiger partial charge in [-0.25, -0.2) is 4.99 Å². The molecule has 0 spiro atoms. The summed E-state index contributed by atoms with van der Waals surface area (Å²) >= 11 is 0. The highest BCUT2D eigenvalue weighted by Crippen LogP contribution is 2.02. The van der Waals surface area contributed by atoms with E-state index in [1.807, 2.05) is 19.4 Å². The molecule has 1 aromatic rings. The van der Waals surface area contributed by atoms with Crippen molar-refractivity contribution < 1.29 is 0 Å². The molecular formula is C14H27N5. The van der Waals surface area contributed by atoms with Crippen molar-refractivity contribution in [2.75, 3.05) is 13.1 Å². The summed E-state index contributed by atoms with van der Waals surface area (Å²) in [6.07, 6.45) is 6.27. The van der Waals surface area contributed by atoms with E-state index in [1.165, 1.54) is 12.8 Å². The highest BCUT2D eigenvalue weighted by Gasteiger charge is 1.99. The Morgan fingerprint density at radius 1 is 1.42 bits per heavy atom. The first kappa shape index (κ1) is 15.5. The molecule has 108 valence electrons. The van der Waals surface area contributed by atoms with E-state index >= 15 is 0 Å². The third kappa shape index (κ3) is 6.84. The number of nitrogens with zero attached hydrogens (tertiary/aromatic N) is 3. The molecule has 19 heavy (non-hydrogen) atoms. The lowest BCUT2D eigenvalue weighted by atomic mass is 10.1. The van der Waals surface area contributed by atoms with E-state index in [1.54, 1.807) is 4.68 Å². The largest absolute Gasteiger partial charge is 0.357 e. The van der Waals surface area contributed by atoms with E-state index in [0.29, 0.717) is 6.54 Å². The van der Waals surface area contributed by atoms with Gasteiger partial charge < -0.3 is 10.6 Å². The first-order chi connectivity index (χ1) is 9.11. The molecule has 0 aliphatic heterocycles. The highest BCUT2D eigenvalue weighted by atomic mass is 15.2. The Hall–Kier alpha value is -1.52.